The van der Waals surface area contributed by atoms with Crippen molar-refractivity contribution in [3.8, 4) is 5.75 Å². The molecule has 2 rings (SSSR count). The van der Waals surface area contributed by atoms with E-state index >= 15 is 0 Å². The predicted octanol–water partition coefficient (Wildman–Crippen LogP) is 6.00. The molecular weight excluding hydrogens is 520 g/mol. The van der Waals surface area contributed by atoms with E-state index in [0.29, 0.717) is 11.3 Å². The van der Waals surface area contributed by atoms with Crippen molar-refractivity contribution in [3.05, 3.63) is 59.9 Å². The van der Waals surface area contributed by atoms with Crippen LogP contribution < -0.4 is 4.74 Å². The van der Waals surface area contributed by atoms with Crippen LogP contribution in [0.15, 0.2) is 54.3 Å². The highest BCUT2D eigenvalue weighted by Gasteiger charge is 2.12. The largest absolute Gasteiger partial charge is 0.483 e. The smallest absolute Gasteiger partial charge is 0.200 e. The van der Waals surface area contributed by atoms with Gasteiger partial charge in [0.15, 0.2) is 12.4 Å². The first kappa shape index (κ1) is 16.2. The highest BCUT2D eigenvalue weighted by Crippen LogP contribution is 2.36. The number of carbonyl (C=O) groups is 1. The summed E-state index contributed by atoms with van der Waals surface area (Å²) in [6.45, 7) is -0.0186. The van der Waals surface area contributed by atoms with Crippen LogP contribution in [-0.4, -0.2) is 12.4 Å². The number of rotatable bonds is 4. The Bertz CT molecular complexity index is 632. The number of halogens is 4. The minimum absolute atomic E-state index is 0.0186. The molecule has 0 N–H and O–H groups in total. The van der Waals surface area contributed by atoms with E-state index in [-0.39, 0.29) is 12.4 Å². The maximum atomic E-state index is 12.1. The van der Waals surface area contributed by atoms with E-state index in [2.05, 4.69) is 63.7 Å². The molecule has 2 aromatic carbocycles. The van der Waals surface area contributed by atoms with Crippen LogP contribution in [0.2, 0.25) is 0 Å². The van der Waals surface area contributed by atoms with Gasteiger partial charge in [0.25, 0.3) is 0 Å². The first-order valence-corrected chi connectivity index (χ1v) is 8.70. The summed E-state index contributed by atoms with van der Waals surface area (Å²) in [5.41, 5.74) is 0.615. The number of hydrogen-bond donors (Lipinski definition) is 0. The summed E-state index contributed by atoms with van der Waals surface area (Å²) < 4.78 is 8.94. The van der Waals surface area contributed by atoms with Gasteiger partial charge in [-0.2, -0.15) is 0 Å². The fourth-order valence-corrected chi connectivity index (χ4v) is 4.44. The van der Waals surface area contributed by atoms with Gasteiger partial charge in [-0.15, -0.1) is 0 Å². The third-order valence-electron chi connectivity index (χ3n) is 2.46. The van der Waals surface area contributed by atoms with E-state index in [1.807, 2.05) is 24.3 Å². The molecule has 0 radical (unpaired) electrons. The Hall–Kier alpha value is -0.170. The molecule has 0 heterocycles. The zero-order valence-corrected chi connectivity index (χ0v) is 16.3. The Morgan fingerprint density at radius 2 is 1.60 bits per heavy atom. The van der Waals surface area contributed by atoms with Gasteiger partial charge in [0, 0.05) is 14.5 Å². The molecule has 0 aliphatic carbocycles. The molecule has 104 valence electrons. The molecule has 0 amide bonds. The van der Waals surface area contributed by atoms with Crippen molar-refractivity contribution in [1.29, 1.82) is 0 Å². The first-order chi connectivity index (χ1) is 9.47. The van der Waals surface area contributed by atoms with Crippen LogP contribution in [0.1, 0.15) is 10.4 Å². The number of benzene rings is 2. The van der Waals surface area contributed by atoms with E-state index in [4.69, 9.17) is 4.74 Å². The molecule has 0 saturated heterocycles. The molecule has 2 nitrogen and oxygen atoms in total. The van der Waals surface area contributed by atoms with Crippen LogP contribution >= 0.6 is 63.7 Å². The average Bonchev–Trinajstić information content (AvgIpc) is 2.37. The second-order valence-corrected chi connectivity index (χ2v) is 7.46. The number of ether oxygens (including phenoxy) is 1. The van der Waals surface area contributed by atoms with Crippen LogP contribution in [0.4, 0.5) is 0 Å². The Kier molecular flexibility index (Phi) is 5.84. The second kappa shape index (κ2) is 7.20. The topological polar surface area (TPSA) is 26.3 Å². The van der Waals surface area contributed by atoms with Gasteiger partial charge in [0.1, 0.15) is 5.75 Å². The lowest BCUT2D eigenvalue weighted by atomic mass is 10.1. The summed E-state index contributed by atoms with van der Waals surface area (Å²) in [6.07, 6.45) is 0. The summed E-state index contributed by atoms with van der Waals surface area (Å²) >= 11 is 13.6. The first-order valence-electron chi connectivity index (χ1n) is 5.53. The molecule has 0 aliphatic rings. The molecule has 0 bridgehead atoms. The maximum Gasteiger partial charge on any atom is 0.200 e. The Morgan fingerprint density at radius 1 is 0.950 bits per heavy atom. The van der Waals surface area contributed by atoms with E-state index in [1.54, 1.807) is 12.1 Å². The standard InChI is InChI=1S/C14H8Br4O2/c15-9-3-1-2-8(4-9)13(19)7-20-14-11(17)5-10(16)6-12(14)18/h1-6H,7H2. The summed E-state index contributed by atoms with van der Waals surface area (Å²) in [4.78, 5) is 12.1. The molecule has 0 spiro atoms. The Morgan fingerprint density at radius 3 is 2.20 bits per heavy atom. The minimum Gasteiger partial charge on any atom is -0.483 e. The van der Waals surface area contributed by atoms with Crippen LogP contribution in [-0.2, 0) is 0 Å². The molecule has 2 aromatic rings. The van der Waals surface area contributed by atoms with Gasteiger partial charge in [0.05, 0.1) is 8.95 Å². The SMILES string of the molecule is O=C(COc1c(Br)cc(Br)cc1Br)c1cccc(Br)c1. The zero-order valence-electron chi connectivity index (χ0n) is 10.00. The Labute approximate surface area is 150 Å². The summed E-state index contributed by atoms with van der Waals surface area (Å²) in [5.74, 6) is 0.532. The van der Waals surface area contributed by atoms with E-state index in [1.165, 1.54) is 0 Å². The van der Waals surface area contributed by atoms with Crippen LogP contribution in [0, 0.1) is 0 Å². The molecule has 20 heavy (non-hydrogen) atoms. The monoisotopic (exact) mass is 524 g/mol. The van der Waals surface area contributed by atoms with Crippen molar-refractivity contribution in [2.24, 2.45) is 0 Å². The third kappa shape index (κ3) is 4.16. The molecule has 6 heteroatoms. The van der Waals surface area contributed by atoms with Gasteiger partial charge in [-0.3, -0.25) is 4.79 Å². The van der Waals surface area contributed by atoms with Gasteiger partial charge in [-0.05, 0) is 56.1 Å². The number of ketones is 1. The fourth-order valence-electron chi connectivity index (χ4n) is 1.55. The fraction of sp³-hybridized carbons (Fsp3) is 0.0714. The van der Waals surface area contributed by atoms with Crippen molar-refractivity contribution < 1.29 is 9.53 Å². The molecule has 0 atom stereocenters. The molecule has 0 fully saturated rings. The van der Waals surface area contributed by atoms with Crippen molar-refractivity contribution >= 4 is 69.5 Å². The normalized spacial score (nSPS) is 10.4. The van der Waals surface area contributed by atoms with Crippen molar-refractivity contribution in [2.75, 3.05) is 6.61 Å². The minimum atomic E-state index is -0.0759. The lowest BCUT2D eigenvalue weighted by molar-refractivity contribution is 0.0920. The van der Waals surface area contributed by atoms with Gasteiger partial charge < -0.3 is 4.74 Å². The average molecular weight is 528 g/mol. The molecule has 0 saturated carbocycles. The number of Topliss-reactive ketones (excluding diaryl/α,β-unsaturated/α-hetero) is 1. The van der Waals surface area contributed by atoms with Gasteiger partial charge in [-0.1, -0.05) is 44.0 Å². The number of hydrogen-bond acceptors (Lipinski definition) is 2. The second-order valence-electron chi connectivity index (χ2n) is 3.92. The molecule has 0 aromatic heterocycles. The highest BCUT2D eigenvalue weighted by molar-refractivity contribution is 9.11. The molecule has 0 aliphatic heterocycles. The van der Waals surface area contributed by atoms with Crippen molar-refractivity contribution in [1.82, 2.24) is 0 Å². The molecular formula is C14H8Br4O2. The van der Waals surface area contributed by atoms with Crippen molar-refractivity contribution in [2.45, 2.75) is 0 Å². The maximum absolute atomic E-state index is 12.1. The van der Waals surface area contributed by atoms with E-state index in [0.717, 1.165) is 17.9 Å². The van der Waals surface area contributed by atoms with Crippen LogP contribution in [0.3, 0.4) is 0 Å². The van der Waals surface area contributed by atoms with Crippen LogP contribution in [0.5, 0.6) is 5.75 Å². The van der Waals surface area contributed by atoms with Crippen molar-refractivity contribution in [3.63, 3.8) is 0 Å². The van der Waals surface area contributed by atoms with E-state index in [9.17, 15) is 4.79 Å². The van der Waals surface area contributed by atoms with Gasteiger partial charge >= 0.3 is 0 Å². The van der Waals surface area contributed by atoms with Gasteiger partial charge in [-0.25, -0.2) is 0 Å². The zero-order chi connectivity index (χ0) is 14.7. The lowest BCUT2D eigenvalue weighted by Crippen LogP contribution is -2.12. The highest BCUT2D eigenvalue weighted by atomic mass is 79.9. The summed E-state index contributed by atoms with van der Waals surface area (Å²) in [5, 5.41) is 0. The quantitative estimate of drug-likeness (QED) is 0.456. The molecule has 0 unspecified atom stereocenters. The van der Waals surface area contributed by atoms with E-state index < -0.39 is 0 Å². The summed E-state index contributed by atoms with van der Waals surface area (Å²) in [7, 11) is 0. The lowest BCUT2D eigenvalue weighted by Gasteiger charge is -2.10. The van der Waals surface area contributed by atoms with Gasteiger partial charge in [0.2, 0.25) is 0 Å². The third-order valence-corrected chi connectivity index (χ3v) is 4.59. The number of carbonyl (C=O) groups excluding carboxylic acids is 1. The Balaban J connectivity index is 2.11. The predicted molar refractivity (Wildman–Crippen MR) is 93.5 cm³/mol. The van der Waals surface area contributed by atoms with Crippen LogP contribution in [0.25, 0.3) is 0 Å². The summed E-state index contributed by atoms with van der Waals surface area (Å²) in [6, 6.07) is 11.0.